The number of halogens is 1. The minimum absolute atomic E-state index is 0.633. The molecule has 0 saturated heterocycles. The van der Waals surface area contributed by atoms with Gasteiger partial charge in [-0.15, -0.1) is 11.6 Å². The predicted molar refractivity (Wildman–Crippen MR) is 87.6 cm³/mol. The number of fused-ring (bicyclic) bond motifs is 1. The van der Waals surface area contributed by atoms with E-state index in [2.05, 4.69) is 43.5 Å². The highest BCUT2D eigenvalue weighted by atomic mass is 35.5. The summed E-state index contributed by atoms with van der Waals surface area (Å²) in [6.45, 7) is 7.74. The van der Waals surface area contributed by atoms with Crippen molar-refractivity contribution in [1.82, 2.24) is 9.55 Å². The van der Waals surface area contributed by atoms with Crippen molar-refractivity contribution in [3.8, 4) is 0 Å². The monoisotopic (exact) mass is 292 g/mol. The molecule has 1 heterocycles. The van der Waals surface area contributed by atoms with Gasteiger partial charge >= 0.3 is 0 Å². The number of aryl methyl sites for hydroxylation is 3. The second kappa shape index (κ2) is 7.12. The highest BCUT2D eigenvalue weighted by Gasteiger charge is 2.10. The smallest absolute Gasteiger partial charge is 0.111 e. The lowest BCUT2D eigenvalue weighted by Gasteiger charge is -2.09. The number of hydrogen-bond donors (Lipinski definition) is 0. The predicted octanol–water partition coefficient (Wildman–Crippen LogP) is 4.95. The summed E-state index contributed by atoms with van der Waals surface area (Å²) in [5, 5.41) is 0. The zero-order chi connectivity index (χ0) is 14.5. The SMILES string of the molecule is Cc1ccc2c(c1)nc(CCCl)n2CCCCC(C)C. The van der Waals surface area contributed by atoms with Gasteiger partial charge in [0, 0.05) is 18.8 Å². The van der Waals surface area contributed by atoms with Crippen LogP contribution in [0.3, 0.4) is 0 Å². The number of unbranched alkanes of at least 4 members (excludes halogenated alkanes) is 1. The third-order valence-corrected chi connectivity index (χ3v) is 3.90. The zero-order valence-electron chi connectivity index (χ0n) is 12.8. The van der Waals surface area contributed by atoms with E-state index in [0.717, 1.165) is 30.2 Å². The van der Waals surface area contributed by atoms with E-state index in [1.165, 1.54) is 30.3 Å². The third kappa shape index (κ3) is 3.76. The normalized spacial score (nSPS) is 11.7. The second-order valence-corrected chi connectivity index (χ2v) is 6.38. The average molecular weight is 293 g/mol. The molecular weight excluding hydrogens is 268 g/mol. The molecule has 0 fully saturated rings. The number of rotatable bonds is 7. The van der Waals surface area contributed by atoms with Crippen LogP contribution < -0.4 is 0 Å². The summed E-state index contributed by atoms with van der Waals surface area (Å²) < 4.78 is 2.36. The van der Waals surface area contributed by atoms with Gasteiger partial charge in [0.1, 0.15) is 5.82 Å². The molecule has 2 aromatic rings. The van der Waals surface area contributed by atoms with Crippen LogP contribution in [0.15, 0.2) is 18.2 Å². The first-order valence-electron chi connectivity index (χ1n) is 7.63. The van der Waals surface area contributed by atoms with Crippen LogP contribution in [0.5, 0.6) is 0 Å². The van der Waals surface area contributed by atoms with Gasteiger partial charge in [-0.25, -0.2) is 4.98 Å². The van der Waals surface area contributed by atoms with E-state index in [0.29, 0.717) is 5.88 Å². The molecule has 0 aliphatic rings. The molecule has 20 heavy (non-hydrogen) atoms. The molecule has 2 rings (SSSR count). The summed E-state index contributed by atoms with van der Waals surface area (Å²) >= 11 is 5.92. The van der Waals surface area contributed by atoms with Crippen LogP contribution in [0, 0.1) is 12.8 Å². The van der Waals surface area contributed by atoms with Crippen molar-refractivity contribution < 1.29 is 0 Å². The molecule has 1 aromatic heterocycles. The molecule has 0 unspecified atom stereocenters. The maximum atomic E-state index is 5.92. The number of alkyl halides is 1. The summed E-state index contributed by atoms with van der Waals surface area (Å²) in [6, 6.07) is 6.52. The van der Waals surface area contributed by atoms with E-state index in [-0.39, 0.29) is 0 Å². The lowest BCUT2D eigenvalue weighted by molar-refractivity contribution is 0.508. The maximum Gasteiger partial charge on any atom is 0.111 e. The van der Waals surface area contributed by atoms with Crippen molar-refractivity contribution in [2.75, 3.05) is 5.88 Å². The van der Waals surface area contributed by atoms with Gasteiger partial charge in [0.05, 0.1) is 11.0 Å². The lowest BCUT2D eigenvalue weighted by atomic mass is 10.1. The van der Waals surface area contributed by atoms with E-state index in [1.807, 2.05) is 0 Å². The van der Waals surface area contributed by atoms with Crippen LogP contribution in [0.1, 0.15) is 44.5 Å². The molecule has 1 aromatic carbocycles. The number of benzene rings is 1. The van der Waals surface area contributed by atoms with Gasteiger partial charge in [0.15, 0.2) is 0 Å². The molecule has 0 bridgehead atoms. The van der Waals surface area contributed by atoms with Crippen molar-refractivity contribution in [2.45, 2.75) is 53.0 Å². The molecule has 0 aliphatic carbocycles. The highest BCUT2D eigenvalue weighted by Crippen LogP contribution is 2.20. The van der Waals surface area contributed by atoms with Gasteiger partial charge in [-0.2, -0.15) is 0 Å². The lowest BCUT2D eigenvalue weighted by Crippen LogP contribution is -2.05. The molecule has 0 atom stereocenters. The molecule has 110 valence electrons. The summed E-state index contributed by atoms with van der Waals surface area (Å²) in [5.41, 5.74) is 3.62. The van der Waals surface area contributed by atoms with Gasteiger partial charge in [-0.1, -0.05) is 32.8 Å². The van der Waals surface area contributed by atoms with Crippen molar-refractivity contribution in [2.24, 2.45) is 5.92 Å². The summed E-state index contributed by atoms with van der Waals surface area (Å²) in [6.07, 6.45) is 4.65. The van der Waals surface area contributed by atoms with Crippen molar-refractivity contribution in [3.05, 3.63) is 29.6 Å². The van der Waals surface area contributed by atoms with Gasteiger partial charge in [0.25, 0.3) is 0 Å². The minimum atomic E-state index is 0.633. The van der Waals surface area contributed by atoms with Crippen molar-refractivity contribution in [1.29, 1.82) is 0 Å². The molecule has 2 nitrogen and oxygen atoms in total. The Morgan fingerprint density at radius 3 is 2.75 bits per heavy atom. The first-order valence-corrected chi connectivity index (χ1v) is 8.17. The molecule has 0 saturated carbocycles. The van der Waals surface area contributed by atoms with E-state index < -0.39 is 0 Å². The standard InChI is InChI=1S/C17H25ClN2/c1-13(2)6-4-5-11-20-16-8-7-14(3)12-15(16)19-17(20)9-10-18/h7-8,12-13H,4-6,9-11H2,1-3H3. The number of nitrogens with zero attached hydrogens (tertiary/aromatic N) is 2. The second-order valence-electron chi connectivity index (χ2n) is 6.00. The number of imidazole rings is 1. The quantitative estimate of drug-likeness (QED) is 0.521. The third-order valence-electron chi connectivity index (χ3n) is 3.71. The fraction of sp³-hybridized carbons (Fsp3) is 0.588. The van der Waals surface area contributed by atoms with Crippen LogP contribution in [0.4, 0.5) is 0 Å². The first kappa shape index (κ1) is 15.4. The summed E-state index contributed by atoms with van der Waals surface area (Å²) in [4.78, 5) is 4.76. The van der Waals surface area contributed by atoms with Crippen molar-refractivity contribution in [3.63, 3.8) is 0 Å². The Hall–Kier alpha value is -1.02. The van der Waals surface area contributed by atoms with Gasteiger partial charge < -0.3 is 4.57 Å². The molecule has 0 N–H and O–H groups in total. The fourth-order valence-electron chi connectivity index (χ4n) is 2.64. The minimum Gasteiger partial charge on any atom is -0.328 e. The Labute approximate surface area is 127 Å². The summed E-state index contributed by atoms with van der Waals surface area (Å²) in [5.74, 6) is 2.55. The molecular formula is C17H25ClN2. The molecule has 0 aliphatic heterocycles. The number of hydrogen-bond acceptors (Lipinski definition) is 1. The van der Waals surface area contributed by atoms with Crippen LogP contribution >= 0.6 is 11.6 Å². The molecule has 3 heteroatoms. The topological polar surface area (TPSA) is 17.8 Å². The Kier molecular flexibility index (Phi) is 5.47. The fourth-order valence-corrected chi connectivity index (χ4v) is 2.81. The van der Waals surface area contributed by atoms with E-state index in [4.69, 9.17) is 16.6 Å². The van der Waals surface area contributed by atoms with Crippen LogP contribution in [-0.4, -0.2) is 15.4 Å². The van der Waals surface area contributed by atoms with Crippen molar-refractivity contribution >= 4 is 22.6 Å². The van der Waals surface area contributed by atoms with Crippen LogP contribution in [0.2, 0.25) is 0 Å². The molecule has 0 amide bonds. The number of aromatic nitrogens is 2. The maximum absolute atomic E-state index is 5.92. The van der Waals surface area contributed by atoms with Gasteiger partial charge in [0.2, 0.25) is 0 Å². The molecule has 0 spiro atoms. The van der Waals surface area contributed by atoms with Gasteiger partial charge in [-0.3, -0.25) is 0 Å². The zero-order valence-corrected chi connectivity index (χ0v) is 13.6. The van der Waals surface area contributed by atoms with E-state index in [9.17, 15) is 0 Å². The Morgan fingerprint density at radius 2 is 2.05 bits per heavy atom. The van der Waals surface area contributed by atoms with Gasteiger partial charge in [-0.05, 0) is 37.0 Å². The highest BCUT2D eigenvalue weighted by molar-refractivity contribution is 6.17. The first-order chi connectivity index (χ1) is 9.61. The largest absolute Gasteiger partial charge is 0.328 e. The summed E-state index contributed by atoms with van der Waals surface area (Å²) in [7, 11) is 0. The Morgan fingerprint density at radius 1 is 1.25 bits per heavy atom. The molecule has 0 radical (unpaired) electrons. The van der Waals surface area contributed by atoms with E-state index >= 15 is 0 Å². The average Bonchev–Trinajstić information content (AvgIpc) is 2.72. The van der Waals surface area contributed by atoms with Crippen LogP contribution in [-0.2, 0) is 13.0 Å². The van der Waals surface area contributed by atoms with E-state index in [1.54, 1.807) is 0 Å². The van der Waals surface area contributed by atoms with Crippen LogP contribution in [0.25, 0.3) is 11.0 Å². The Bertz CT molecular complexity index is 557. The Balaban J connectivity index is 2.17.